The number of rotatable bonds is 3. The predicted molar refractivity (Wildman–Crippen MR) is 45.9 cm³/mol. The number of methoxy groups -OCH3 is 1. The van der Waals surface area contributed by atoms with Crippen molar-refractivity contribution in [2.75, 3.05) is 20.3 Å². The highest BCUT2D eigenvalue weighted by molar-refractivity contribution is 4.84. The van der Waals surface area contributed by atoms with Gasteiger partial charge in [-0.05, 0) is 31.6 Å². The molecule has 2 N–H and O–H groups in total. The summed E-state index contributed by atoms with van der Waals surface area (Å²) in [5.74, 6) is 0.391. The molecular weight excluding hydrogens is 156 g/mol. The Morgan fingerprint density at radius 3 is 2.42 bits per heavy atom. The molecule has 1 aliphatic carbocycles. The Morgan fingerprint density at radius 1 is 1.42 bits per heavy atom. The van der Waals surface area contributed by atoms with Crippen LogP contribution in [0.5, 0.6) is 0 Å². The molecule has 3 nitrogen and oxygen atoms in total. The molecule has 12 heavy (non-hydrogen) atoms. The van der Waals surface area contributed by atoms with Gasteiger partial charge >= 0.3 is 0 Å². The molecule has 0 aliphatic heterocycles. The second-order valence-corrected chi connectivity index (χ2v) is 3.78. The molecule has 3 heteroatoms. The molecule has 0 atom stereocenters. The van der Waals surface area contributed by atoms with Crippen LogP contribution in [-0.2, 0) is 4.74 Å². The Morgan fingerprint density at radius 2 is 2.00 bits per heavy atom. The van der Waals surface area contributed by atoms with Crippen LogP contribution in [-0.4, -0.2) is 36.1 Å². The van der Waals surface area contributed by atoms with Crippen LogP contribution in [0.15, 0.2) is 0 Å². The van der Waals surface area contributed by atoms with E-state index in [0.717, 1.165) is 25.7 Å². The third-order valence-electron chi connectivity index (χ3n) is 2.71. The molecule has 1 saturated carbocycles. The number of aliphatic hydroxyl groups excluding tert-OH is 1. The van der Waals surface area contributed by atoms with Gasteiger partial charge in [0.05, 0.1) is 12.2 Å². The van der Waals surface area contributed by atoms with Gasteiger partial charge in [0, 0.05) is 13.7 Å². The fourth-order valence-electron chi connectivity index (χ4n) is 1.81. The average Bonchev–Trinajstić information content (AvgIpc) is 2.06. The number of hydrogen-bond donors (Lipinski definition) is 2. The summed E-state index contributed by atoms with van der Waals surface area (Å²) < 4.78 is 4.94. The molecule has 0 heterocycles. The summed E-state index contributed by atoms with van der Waals surface area (Å²) in [7, 11) is 1.61. The van der Waals surface area contributed by atoms with Crippen molar-refractivity contribution in [2.24, 2.45) is 5.92 Å². The van der Waals surface area contributed by atoms with Gasteiger partial charge in [-0.3, -0.25) is 0 Å². The van der Waals surface area contributed by atoms with E-state index in [1.807, 2.05) is 0 Å². The Balaban J connectivity index is 2.33. The summed E-state index contributed by atoms with van der Waals surface area (Å²) in [6.07, 6.45) is 3.34. The maximum atomic E-state index is 9.88. The minimum absolute atomic E-state index is 0.253. The molecule has 0 unspecified atom stereocenters. The van der Waals surface area contributed by atoms with Crippen molar-refractivity contribution in [3.05, 3.63) is 0 Å². The van der Waals surface area contributed by atoms with Crippen LogP contribution in [0, 0.1) is 5.92 Å². The third kappa shape index (κ3) is 2.44. The predicted octanol–water partition coefficient (Wildman–Crippen LogP) is 0.546. The van der Waals surface area contributed by atoms with Crippen molar-refractivity contribution in [2.45, 2.75) is 31.3 Å². The Kier molecular flexibility index (Phi) is 3.50. The molecule has 0 bridgehead atoms. The summed E-state index contributed by atoms with van der Waals surface area (Å²) >= 11 is 0. The van der Waals surface area contributed by atoms with Crippen molar-refractivity contribution >= 4 is 0 Å². The van der Waals surface area contributed by atoms with E-state index >= 15 is 0 Å². The summed E-state index contributed by atoms with van der Waals surface area (Å²) in [5.41, 5.74) is -0.625. The lowest BCUT2D eigenvalue weighted by atomic mass is 9.79. The van der Waals surface area contributed by atoms with Crippen LogP contribution >= 0.6 is 0 Å². The highest BCUT2D eigenvalue weighted by Crippen LogP contribution is 2.31. The van der Waals surface area contributed by atoms with Crippen LogP contribution < -0.4 is 0 Å². The number of hydrogen-bond acceptors (Lipinski definition) is 3. The monoisotopic (exact) mass is 174 g/mol. The Labute approximate surface area is 73.4 Å². The van der Waals surface area contributed by atoms with Crippen molar-refractivity contribution in [3.8, 4) is 0 Å². The van der Waals surface area contributed by atoms with Gasteiger partial charge in [0.15, 0.2) is 0 Å². The molecule has 1 rings (SSSR count). The molecule has 1 fully saturated rings. The largest absolute Gasteiger partial charge is 0.396 e. The number of aliphatic hydroxyl groups is 2. The second-order valence-electron chi connectivity index (χ2n) is 3.78. The van der Waals surface area contributed by atoms with Gasteiger partial charge in [-0.1, -0.05) is 0 Å². The first-order valence-corrected chi connectivity index (χ1v) is 4.52. The molecule has 0 radical (unpaired) electrons. The second kappa shape index (κ2) is 4.21. The zero-order chi connectivity index (χ0) is 9.03. The van der Waals surface area contributed by atoms with E-state index in [1.165, 1.54) is 0 Å². The molecule has 0 amide bonds. The minimum Gasteiger partial charge on any atom is -0.396 e. The lowest BCUT2D eigenvalue weighted by Gasteiger charge is -2.34. The van der Waals surface area contributed by atoms with Gasteiger partial charge in [0.25, 0.3) is 0 Å². The van der Waals surface area contributed by atoms with Crippen molar-refractivity contribution < 1.29 is 14.9 Å². The molecule has 72 valence electrons. The van der Waals surface area contributed by atoms with Gasteiger partial charge in [-0.2, -0.15) is 0 Å². The van der Waals surface area contributed by atoms with Gasteiger partial charge in [-0.25, -0.2) is 0 Å². The Bertz CT molecular complexity index is 128. The van der Waals surface area contributed by atoms with Gasteiger partial charge in [0.1, 0.15) is 0 Å². The van der Waals surface area contributed by atoms with E-state index in [4.69, 9.17) is 9.84 Å². The average molecular weight is 174 g/mol. The van der Waals surface area contributed by atoms with E-state index in [2.05, 4.69) is 0 Å². The Hall–Kier alpha value is -0.120. The number of ether oxygens (including phenoxy) is 1. The summed E-state index contributed by atoms with van der Waals surface area (Å²) in [5, 5.41) is 18.8. The first kappa shape index (κ1) is 9.96. The fourth-order valence-corrected chi connectivity index (χ4v) is 1.81. The maximum Gasteiger partial charge on any atom is 0.0880 e. The summed E-state index contributed by atoms with van der Waals surface area (Å²) in [6, 6.07) is 0. The zero-order valence-electron chi connectivity index (χ0n) is 7.62. The van der Waals surface area contributed by atoms with Gasteiger partial charge < -0.3 is 14.9 Å². The molecular formula is C9H18O3. The minimum atomic E-state index is -0.625. The first-order valence-electron chi connectivity index (χ1n) is 4.52. The molecule has 1 aliphatic rings. The smallest absolute Gasteiger partial charge is 0.0880 e. The fraction of sp³-hybridized carbons (Fsp3) is 1.00. The highest BCUT2D eigenvalue weighted by Gasteiger charge is 2.32. The van der Waals surface area contributed by atoms with E-state index < -0.39 is 5.60 Å². The zero-order valence-corrected chi connectivity index (χ0v) is 7.62. The topological polar surface area (TPSA) is 49.7 Å². The lowest BCUT2D eigenvalue weighted by molar-refractivity contribution is -0.0677. The molecule has 0 aromatic rings. The van der Waals surface area contributed by atoms with Crippen LogP contribution in [0.25, 0.3) is 0 Å². The van der Waals surface area contributed by atoms with Crippen LogP contribution in [0.1, 0.15) is 25.7 Å². The summed E-state index contributed by atoms with van der Waals surface area (Å²) in [6.45, 7) is 0.675. The third-order valence-corrected chi connectivity index (χ3v) is 2.71. The van der Waals surface area contributed by atoms with Crippen molar-refractivity contribution in [3.63, 3.8) is 0 Å². The van der Waals surface area contributed by atoms with E-state index in [9.17, 15) is 5.11 Å². The quantitative estimate of drug-likeness (QED) is 0.656. The molecule has 0 saturated heterocycles. The molecule has 0 aromatic carbocycles. The standard InChI is InChI=1S/C9H18O3/c1-12-7-9(11)4-2-8(6-10)3-5-9/h8,10-11H,2-7H2,1H3. The van der Waals surface area contributed by atoms with E-state index in [1.54, 1.807) is 7.11 Å². The van der Waals surface area contributed by atoms with E-state index in [-0.39, 0.29) is 6.61 Å². The highest BCUT2D eigenvalue weighted by atomic mass is 16.5. The first-order chi connectivity index (χ1) is 5.70. The van der Waals surface area contributed by atoms with Crippen LogP contribution in [0.3, 0.4) is 0 Å². The van der Waals surface area contributed by atoms with Crippen molar-refractivity contribution in [1.82, 2.24) is 0 Å². The SMILES string of the molecule is COCC1(O)CCC(CO)CC1. The van der Waals surface area contributed by atoms with Gasteiger partial charge in [0.2, 0.25) is 0 Å². The van der Waals surface area contributed by atoms with Crippen LogP contribution in [0.4, 0.5) is 0 Å². The lowest BCUT2D eigenvalue weighted by Crippen LogP contribution is -2.38. The van der Waals surface area contributed by atoms with Crippen molar-refractivity contribution in [1.29, 1.82) is 0 Å². The molecule has 0 aromatic heterocycles. The van der Waals surface area contributed by atoms with Gasteiger partial charge in [-0.15, -0.1) is 0 Å². The molecule has 0 spiro atoms. The summed E-state index contributed by atoms with van der Waals surface area (Å²) in [4.78, 5) is 0. The normalized spacial score (nSPS) is 36.8. The maximum absolute atomic E-state index is 9.88. The van der Waals surface area contributed by atoms with Crippen LogP contribution in [0.2, 0.25) is 0 Å². The van der Waals surface area contributed by atoms with E-state index in [0.29, 0.717) is 12.5 Å².